The highest BCUT2D eigenvalue weighted by atomic mass is 32.2. The van der Waals surface area contributed by atoms with Gasteiger partial charge in [-0.1, -0.05) is 66.7 Å². The minimum Gasteiger partial charge on any atom is -0.210 e. The third-order valence-corrected chi connectivity index (χ3v) is 6.46. The summed E-state index contributed by atoms with van der Waals surface area (Å²) in [6.07, 6.45) is 0. The molecule has 1 heterocycles. The summed E-state index contributed by atoms with van der Waals surface area (Å²) in [6.45, 7) is 0.328. The van der Waals surface area contributed by atoms with E-state index >= 15 is 0 Å². The van der Waals surface area contributed by atoms with Crippen LogP contribution in [0.15, 0.2) is 82.4 Å². The summed E-state index contributed by atoms with van der Waals surface area (Å²) < 4.78 is 27.8. The molecule has 23 heavy (non-hydrogen) atoms. The van der Waals surface area contributed by atoms with Gasteiger partial charge in [-0.15, -0.1) is 11.3 Å². The Balaban J connectivity index is 1.86. The van der Waals surface area contributed by atoms with Crippen LogP contribution in [-0.2, 0) is 10.0 Å². The van der Waals surface area contributed by atoms with Gasteiger partial charge in [-0.05, 0) is 22.6 Å². The van der Waals surface area contributed by atoms with E-state index in [2.05, 4.69) is 4.72 Å². The van der Waals surface area contributed by atoms with E-state index in [1.807, 2.05) is 60.7 Å². The molecule has 0 unspecified atom stereocenters. The smallest absolute Gasteiger partial charge is 0.210 e. The first-order chi connectivity index (χ1) is 11.2. The molecule has 0 saturated heterocycles. The van der Waals surface area contributed by atoms with Crippen molar-refractivity contribution in [3.63, 3.8) is 0 Å². The van der Waals surface area contributed by atoms with Gasteiger partial charge in [0.25, 0.3) is 0 Å². The van der Waals surface area contributed by atoms with Crippen molar-refractivity contribution in [3.8, 4) is 0 Å². The molecule has 118 valence electrons. The molecular weight excluding hydrogens is 326 g/mol. The number of benzene rings is 2. The number of nitrogens with one attached hydrogen (secondary N) is 1. The number of hydrogen-bond donors (Lipinski definition) is 1. The van der Waals surface area contributed by atoms with Crippen LogP contribution < -0.4 is 4.72 Å². The van der Waals surface area contributed by atoms with Crippen molar-refractivity contribution in [2.24, 2.45) is 0 Å². The monoisotopic (exact) mass is 343 g/mol. The lowest BCUT2D eigenvalue weighted by Crippen LogP contribution is -2.28. The van der Waals surface area contributed by atoms with E-state index in [-0.39, 0.29) is 5.92 Å². The van der Waals surface area contributed by atoms with Gasteiger partial charge in [-0.3, -0.25) is 0 Å². The van der Waals surface area contributed by atoms with Gasteiger partial charge in [-0.2, -0.15) is 0 Å². The van der Waals surface area contributed by atoms with Crippen molar-refractivity contribution in [2.45, 2.75) is 10.1 Å². The molecule has 0 amide bonds. The Morgan fingerprint density at radius 1 is 0.826 bits per heavy atom. The van der Waals surface area contributed by atoms with E-state index in [4.69, 9.17) is 0 Å². The van der Waals surface area contributed by atoms with Crippen molar-refractivity contribution in [1.29, 1.82) is 0 Å². The van der Waals surface area contributed by atoms with Gasteiger partial charge in [-0.25, -0.2) is 13.1 Å². The van der Waals surface area contributed by atoms with E-state index in [0.717, 1.165) is 11.1 Å². The van der Waals surface area contributed by atoms with Crippen LogP contribution in [0, 0.1) is 0 Å². The van der Waals surface area contributed by atoms with Crippen molar-refractivity contribution in [1.82, 2.24) is 4.72 Å². The number of sulfonamides is 1. The molecule has 3 rings (SSSR count). The van der Waals surface area contributed by atoms with Gasteiger partial charge in [0.1, 0.15) is 4.21 Å². The van der Waals surface area contributed by atoms with Crippen molar-refractivity contribution in [2.75, 3.05) is 6.54 Å². The predicted octanol–water partition coefficient (Wildman–Crippen LogP) is 3.86. The molecule has 0 aliphatic rings. The lowest BCUT2D eigenvalue weighted by Gasteiger charge is -2.18. The molecule has 1 aromatic heterocycles. The van der Waals surface area contributed by atoms with E-state index in [1.54, 1.807) is 17.5 Å². The van der Waals surface area contributed by atoms with Crippen LogP contribution in [0.2, 0.25) is 0 Å². The molecule has 0 radical (unpaired) electrons. The normalized spacial score (nSPS) is 11.7. The second kappa shape index (κ2) is 7.08. The van der Waals surface area contributed by atoms with Gasteiger partial charge >= 0.3 is 0 Å². The molecule has 5 heteroatoms. The van der Waals surface area contributed by atoms with Crippen LogP contribution in [0.4, 0.5) is 0 Å². The molecule has 0 aliphatic heterocycles. The molecule has 2 aromatic carbocycles. The van der Waals surface area contributed by atoms with Crippen molar-refractivity contribution in [3.05, 3.63) is 89.3 Å². The van der Waals surface area contributed by atoms with Crippen LogP contribution in [0.1, 0.15) is 17.0 Å². The molecule has 0 bridgehead atoms. The predicted molar refractivity (Wildman–Crippen MR) is 94.2 cm³/mol. The number of thiophene rings is 1. The second-order valence-electron chi connectivity index (χ2n) is 5.16. The average molecular weight is 343 g/mol. The van der Waals surface area contributed by atoms with Crippen LogP contribution in [0.25, 0.3) is 0 Å². The Kier molecular flexibility index (Phi) is 4.91. The van der Waals surface area contributed by atoms with E-state index < -0.39 is 10.0 Å². The fourth-order valence-electron chi connectivity index (χ4n) is 2.48. The number of rotatable bonds is 6. The zero-order valence-electron chi connectivity index (χ0n) is 12.4. The molecule has 0 aliphatic carbocycles. The quantitative estimate of drug-likeness (QED) is 0.739. The van der Waals surface area contributed by atoms with Crippen LogP contribution in [0.3, 0.4) is 0 Å². The Labute approximate surface area is 140 Å². The third kappa shape index (κ3) is 3.88. The molecule has 3 nitrogen and oxygen atoms in total. The van der Waals surface area contributed by atoms with E-state index in [1.165, 1.54) is 11.3 Å². The lowest BCUT2D eigenvalue weighted by molar-refractivity contribution is 0.579. The standard InChI is InChI=1S/C18H17NO2S2/c20-23(21,18-12-7-13-22-18)19-14-17(15-8-3-1-4-9-15)16-10-5-2-6-11-16/h1-13,17,19H,14H2. The van der Waals surface area contributed by atoms with Crippen molar-refractivity contribution < 1.29 is 8.42 Å². The molecule has 0 saturated carbocycles. The maximum absolute atomic E-state index is 12.4. The van der Waals surface area contributed by atoms with Gasteiger partial charge in [0.2, 0.25) is 10.0 Å². The highest BCUT2D eigenvalue weighted by Crippen LogP contribution is 2.25. The fraction of sp³-hybridized carbons (Fsp3) is 0.111. The highest BCUT2D eigenvalue weighted by molar-refractivity contribution is 7.91. The first-order valence-corrected chi connectivity index (χ1v) is 9.66. The summed E-state index contributed by atoms with van der Waals surface area (Å²) in [5.41, 5.74) is 2.18. The Morgan fingerprint density at radius 3 is 1.87 bits per heavy atom. The summed E-state index contributed by atoms with van der Waals surface area (Å²) in [7, 11) is -3.46. The zero-order chi connectivity index (χ0) is 16.1. The highest BCUT2D eigenvalue weighted by Gasteiger charge is 2.20. The van der Waals surface area contributed by atoms with Crippen LogP contribution in [0.5, 0.6) is 0 Å². The van der Waals surface area contributed by atoms with Gasteiger partial charge in [0.15, 0.2) is 0 Å². The lowest BCUT2D eigenvalue weighted by atomic mass is 9.92. The summed E-state index contributed by atoms with van der Waals surface area (Å²) >= 11 is 1.22. The average Bonchev–Trinajstić information content (AvgIpc) is 3.12. The minimum absolute atomic E-state index is 0.0212. The molecular formula is C18H17NO2S2. The van der Waals surface area contributed by atoms with Gasteiger partial charge in [0.05, 0.1) is 0 Å². The van der Waals surface area contributed by atoms with Gasteiger partial charge in [0, 0.05) is 12.5 Å². The van der Waals surface area contributed by atoms with Crippen LogP contribution >= 0.6 is 11.3 Å². The summed E-state index contributed by atoms with van der Waals surface area (Å²) in [5, 5.41) is 1.76. The molecule has 3 aromatic rings. The molecule has 1 N–H and O–H groups in total. The first kappa shape index (κ1) is 15.9. The van der Waals surface area contributed by atoms with Gasteiger partial charge < -0.3 is 0 Å². The topological polar surface area (TPSA) is 46.2 Å². The zero-order valence-corrected chi connectivity index (χ0v) is 14.1. The Hall–Kier alpha value is -1.95. The Morgan fingerprint density at radius 2 is 1.39 bits per heavy atom. The fourth-order valence-corrected chi connectivity index (χ4v) is 4.56. The first-order valence-electron chi connectivity index (χ1n) is 7.30. The van der Waals surface area contributed by atoms with Crippen LogP contribution in [-0.4, -0.2) is 15.0 Å². The van der Waals surface area contributed by atoms with Crippen molar-refractivity contribution >= 4 is 21.4 Å². The molecule has 0 fully saturated rings. The van der Waals surface area contributed by atoms with E-state index in [0.29, 0.717) is 10.8 Å². The maximum atomic E-state index is 12.4. The largest absolute Gasteiger partial charge is 0.250 e. The SMILES string of the molecule is O=S(=O)(NCC(c1ccccc1)c1ccccc1)c1cccs1. The summed E-state index contributed by atoms with van der Waals surface area (Å²) in [4.78, 5) is 0. The number of hydrogen-bond acceptors (Lipinski definition) is 3. The second-order valence-corrected chi connectivity index (χ2v) is 8.10. The maximum Gasteiger partial charge on any atom is 0.250 e. The molecule has 0 atom stereocenters. The summed E-state index contributed by atoms with van der Waals surface area (Å²) in [6, 6.07) is 23.3. The van der Waals surface area contributed by atoms with E-state index in [9.17, 15) is 8.42 Å². The molecule has 0 spiro atoms. The Bertz CT molecular complexity index is 790. The third-order valence-electron chi connectivity index (χ3n) is 3.64. The minimum atomic E-state index is -3.46. The summed E-state index contributed by atoms with van der Waals surface area (Å²) in [5.74, 6) is -0.0212.